The van der Waals surface area contributed by atoms with E-state index in [0.29, 0.717) is 26.6 Å². The summed E-state index contributed by atoms with van der Waals surface area (Å²) in [7, 11) is 0. The number of nitrogens with zero attached hydrogens (tertiary/aromatic N) is 4. The van der Waals surface area contributed by atoms with Crippen LogP contribution in [-0.4, -0.2) is 24.8 Å². The zero-order chi connectivity index (χ0) is 20.2. The van der Waals surface area contributed by atoms with Crippen molar-refractivity contribution in [3.63, 3.8) is 0 Å². The second-order valence-electron chi connectivity index (χ2n) is 6.92. The average molecular weight is 430 g/mol. The molecule has 3 N–H and O–H groups in total. The lowest BCUT2D eigenvalue weighted by molar-refractivity contribution is -0.146. The van der Waals surface area contributed by atoms with Crippen LogP contribution in [0.25, 0.3) is 10.2 Å². The van der Waals surface area contributed by atoms with Crippen LogP contribution < -0.4 is 11.4 Å². The fourth-order valence-corrected chi connectivity index (χ4v) is 5.54. The first-order valence-electron chi connectivity index (χ1n) is 8.64. The Morgan fingerprint density at radius 2 is 2.14 bits per heavy atom. The van der Waals surface area contributed by atoms with Crippen LogP contribution in [0.2, 0.25) is 0 Å². The van der Waals surface area contributed by atoms with Crippen LogP contribution in [0.3, 0.4) is 0 Å². The minimum absolute atomic E-state index is 0.109. The van der Waals surface area contributed by atoms with Crippen LogP contribution in [0, 0.1) is 5.92 Å². The molecule has 0 spiro atoms. The number of fused-ring (bicyclic) bond motifs is 3. The number of thioether (sulfide) groups is 1. The maximum atomic E-state index is 12.8. The maximum absolute atomic E-state index is 12.8. The number of nitrogen functional groups attached to an aromatic ring is 1. The first-order valence-corrected chi connectivity index (χ1v) is 10.3. The Kier molecular flexibility index (Phi) is 4.65. The standard InChI is InChI=1S/C16H17F3N6OS2/c1-6-3-4-8-9(5-6)28-13-10(8)12(26)21-11(22-13)7(2)27-15-24-23-14(25(15)20)16(17,18)19/h6-7H,3-5,20H2,1-2H3,(H,21,22,26). The largest absolute Gasteiger partial charge is 0.453 e. The van der Waals surface area contributed by atoms with E-state index in [9.17, 15) is 18.0 Å². The van der Waals surface area contributed by atoms with E-state index >= 15 is 0 Å². The lowest BCUT2D eigenvalue weighted by Crippen LogP contribution is -2.21. The molecule has 0 aliphatic heterocycles. The fourth-order valence-electron chi connectivity index (χ4n) is 3.32. The molecule has 0 radical (unpaired) electrons. The van der Waals surface area contributed by atoms with E-state index in [-0.39, 0.29) is 10.7 Å². The van der Waals surface area contributed by atoms with Crippen molar-refractivity contribution in [1.82, 2.24) is 24.8 Å². The molecule has 4 rings (SSSR count). The summed E-state index contributed by atoms with van der Waals surface area (Å²) in [5.74, 6) is 5.14. The van der Waals surface area contributed by atoms with Gasteiger partial charge in [-0.2, -0.15) is 13.2 Å². The lowest BCUT2D eigenvalue weighted by atomic mass is 9.89. The first-order chi connectivity index (χ1) is 13.1. The number of aryl methyl sites for hydroxylation is 1. The van der Waals surface area contributed by atoms with E-state index in [0.717, 1.165) is 36.6 Å². The third kappa shape index (κ3) is 3.28. The number of aromatic nitrogens is 5. The van der Waals surface area contributed by atoms with E-state index < -0.39 is 17.3 Å². The number of hydrogen-bond acceptors (Lipinski definition) is 7. The second kappa shape index (κ2) is 6.76. The SMILES string of the molecule is CC1CCc2c(sc3nc(C(C)Sc4nnc(C(F)(F)F)n4N)[nH]c(=O)c23)C1. The zero-order valence-electron chi connectivity index (χ0n) is 15.0. The molecule has 0 saturated heterocycles. The highest BCUT2D eigenvalue weighted by Gasteiger charge is 2.38. The van der Waals surface area contributed by atoms with Crippen LogP contribution in [0.5, 0.6) is 0 Å². The Bertz CT molecular complexity index is 1100. The number of rotatable bonds is 3. The van der Waals surface area contributed by atoms with Gasteiger partial charge in [-0.05, 0) is 37.7 Å². The van der Waals surface area contributed by atoms with Gasteiger partial charge in [0.05, 0.1) is 10.6 Å². The Morgan fingerprint density at radius 3 is 2.82 bits per heavy atom. The number of alkyl halides is 3. The fraction of sp³-hybridized carbons (Fsp3) is 0.500. The van der Waals surface area contributed by atoms with E-state index in [2.05, 4.69) is 27.1 Å². The van der Waals surface area contributed by atoms with Gasteiger partial charge in [0, 0.05) is 4.88 Å². The predicted octanol–water partition coefficient (Wildman–Crippen LogP) is 3.29. The van der Waals surface area contributed by atoms with Gasteiger partial charge < -0.3 is 10.8 Å². The maximum Gasteiger partial charge on any atom is 0.453 e. The van der Waals surface area contributed by atoms with Crippen molar-refractivity contribution in [1.29, 1.82) is 0 Å². The number of nitrogens with one attached hydrogen (secondary N) is 1. The van der Waals surface area contributed by atoms with Crippen molar-refractivity contribution >= 4 is 33.3 Å². The Labute approximate surface area is 165 Å². The number of aromatic amines is 1. The third-order valence-electron chi connectivity index (χ3n) is 4.77. The highest BCUT2D eigenvalue weighted by molar-refractivity contribution is 7.99. The molecule has 2 unspecified atom stereocenters. The summed E-state index contributed by atoms with van der Waals surface area (Å²) in [5, 5.41) is 6.67. The van der Waals surface area contributed by atoms with E-state index in [4.69, 9.17) is 5.84 Å². The average Bonchev–Trinajstić information content (AvgIpc) is 3.14. The predicted molar refractivity (Wildman–Crippen MR) is 101 cm³/mol. The minimum Gasteiger partial charge on any atom is -0.335 e. The monoisotopic (exact) mass is 430 g/mol. The summed E-state index contributed by atoms with van der Waals surface area (Å²) in [5.41, 5.74) is 0.861. The molecule has 3 aromatic heterocycles. The van der Waals surface area contributed by atoms with Crippen LogP contribution in [0.15, 0.2) is 9.95 Å². The summed E-state index contributed by atoms with van der Waals surface area (Å²) in [6.45, 7) is 3.90. The molecule has 7 nitrogen and oxygen atoms in total. The number of nitrogens with two attached hydrogens (primary N) is 1. The third-order valence-corrected chi connectivity index (χ3v) is 6.98. The van der Waals surface area contributed by atoms with Crippen LogP contribution >= 0.6 is 23.1 Å². The van der Waals surface area contributed by atoms with Crippen LogP contribution in [-0.2, 0) is 19.0 Å². The van der Waals surface area contributed by atoms with Gasteiger partial charge in [0.15, 0.2) is 0 Å². The van der Waals surface area contributed by atoms with Crippen molar-refractivity contribution in [2.24, 2.45) is 5.92 Å². The lowest BCUT2D eigenvalue weighted by Gasteiger charge is -2.17. The van der Waals surface area contributed by atoms with Gasteiger partial charge in [-0.3, -0.25) is 4.79 Å². The van der Waals surface area contributed by atoms with E-state index in [1.807, 2.05) is 0 Å². The topological polar surface area (TPSA) is 102 Å². The molecular weight excluding hydrogens is 413 g/mol. The molecule has 0 aromatic carbocycles. The van der Waals surface area contributed by atoms with Crippen molar-refractivity contribution in [2.75, 3.05) is 5.84 Å². The van der Waals surface area contributed by atoms with Gasteiger partial charge in [0.25, 0.3) is 11.4 Å². The number of hydrogen-bond donors (Lipinski definition) is 2. The Balaban J connectivity index is 1.66. The van der Waals surface area contributed by atoms with E-state index in [1.165, 1.54) is 16.2 Å². The Morgan fingerprint density at radius 1 is 1.39 bits per heavy atom. The number of H-pyrrole nitrogens is 1. The zero-order valence-corrected chi connectivity index (χ0v) is 16.6. The summed E-state index contributed by atoms with van der Waals surface area (Å²) in [4.78, 5) is 21.9. The molecule has 0 saturated carbocycles. The first kappa shape index (κ1) is 19.2. The van der Waals surface area contributed by atoms with Crippen molar-refractivity contribution in [3.05, 3.63) is 32.4 Å². The Hall–Kier alpha value is -2.08. The molecule has 150 valence electrons. The van der Waals surface area contributed by atoms with Gasteiger partial charge in [-0.25, -0.2) is 9.66 Å². The molecule has 1 aliphatic rings. The van der Waals surface area contributed by atoms with Crippen LogP contribution in [0.1, 0.15) is 47.6 Å². The molecule has 0 amide bonds. The highest BCUT2D eigenvalue weighted by atomic mass is 32.2. The molecular formula is C16H17F3N6OS2. The smallest absolute Gasteiger partial charge is 0.335 e. The van der Waals surface area contributed by atoms with Gasteiger partial charge in [0.1, 0.15) is 10.7 Å². The summed E-state index contributed by atoms with van der Waals surface area (Å²) < 4.78 is 38.9. The van der Waals surface area contributed by atoms with E-state index in [1.54, 1.807) is 6.92 Å². The van der Waals surface area contributed by atoms with Gasteiger partial charge >= 0.3 is 6.18 Å². The minimum atomic E-state index is -4.69. The number of halogens is 3. The molecule has 3 heterocycles. The van der Waals surface area contributed by atoms with Crippen LogP contribution in [0.4, 0.5) is 13.2 Å². The summed E-state index contributed by atoms with van der Waals surface area (Å²) >= 11 is 2.47. The molecule has 12 heteroatoms. The quantitative estimate of drug-likeness (QED) is 0.488. The van der Waals surface area contributed by atoms with Gasteiger partial charge in [-0.1, -0.05) is 18.7 Å². The van der Waals surface area contributed by atoms with Gasteiger partial charge in [0.2, 0.25) is 5.16 Å². The summed E-state index contributed by atoms with van der Waals surface area (Å²) in [6.07, 6.45) is -1.85. The molecule has 0 bridgehead atoms. The second-order valence-corrected chi connectivity index (χ2v) is 9.31. The van der Waals surface area contributed by atoms with Crippen molar-refractivity contribution in [3.8, 4) is 0 Å². The number of thiophene rings is 1. The van der Waals surface area contributed by atoms with Crippen molar-refractivity contribution < 1.29 is 13.2 Å². The highest BCUT2D eigenvalue weighted by Crippen LogP contribution is 2.38. The molecule has 28 heavy (non-hydrogen) atoms. The normalized spacial score (nSPS) is 18.4. The van der Waals surface area contributed by atoms with Crippen molar-refractivity contribution in [2.45, 2.75) is 49.7 Å². The summed E-state index contributed by atoms with van der Waals surface area (Å²) in [6, 6.07) is 0. The van der Waals surface area contributed by atoms with Gasteiger partial charge in [-0.15, -0.1) is 21.5 Å². The molecule has 0 fully saturated rings. The molecule has 2 atom stereocenters. The molecule has 3 aromatic rings. The molecule has 1 aliphatic carbocycles.